The molecule has 7 heteroatoms. The van der Waals surface area contributed by atoms with Gasteiger partial charge in [-0.15, -0.1) is 10.2 Å². The highest BCUT2D eigenvalue weighted by atomic mass is 35.5. The molecule has 0 atom stereocenters. The maximum atomic E-state index is 10.7. The summed E-state index contributed by atoms with van der Waals surface area (Å²) in [5, 5.41) is 16.6. The SMILES string of the molecule is Cn1cnnc1COc1ccc(C(=O)O)cc1Cl. The van der Waals surface area contributed by atoms with Crippen molar-refractivity contribution in [2.75, 3.05) is 0 Å². The fourth-order valence-corrected chi connectivity index (χ4v) is 1.57. The van der Waals surface area contributed by atoms with Gasteiger partial charge in [0.15, 0.2) is 5.82 Å². The van der Waals surface area contributed by atoms with E-state index >= 15 is 0 Å². The number of ether oxygens (including phenoxy) is 1. The minimum Gasteiger partial charge on any atom is -0.484 e. The van der Waals surface area contributed by atoms with Gasteiger partial charge >= 0.3 is 5.97 Å². The molecule has 1 heterocycles. The van der Waals surface area contributed by atoms with Gasteiger partial charge in [0.05, 0.1) is 10.6 Å². The Morgan fingerprint density at radius 1 is 1.56 bits per heavy atom. The molecule has 2 rings (SSSR count). The molecule has 18 heavy (non-hydrogen) atoms. The van der Waals surface area contributed by atoms with E-state index in [1.165, 1.54) is 18.2 Å². The quantitative estimate of drug-likeness (QED) is 0.913. The average molecular weight is 268 g/mol. The van der Waals surface area contributed by atoms with Crippen molar-refractivity contribution in [2.24, 2.45) is 7.05 Å². The van der Waals surface area contributed by atoms with Gasteiger partial charge in [-0.3, -0.25) is 0 Å². The number of aromatic nitrogens is 3. The van der Waals surface area contributed by atoms with Crippen LogP contribution in [0.2, 0.25) is 5.02 Å². The van der Waals surface area contributed by atoms with Crippen LogP contribution in [0.1, 0.15) is 16.2 Å². The normalized spacial score (nSPS) is 10.3. The number of hydrogen-bond acceptors (Lipinski definition) is 4. The summed E-state index contributed by atoms with van der Waals surface area (Å²) in [5.74, 6) is 0.0230. The van der Waals surface area contributed by atoms with Crippen molar-refractivity contribution < 1.29 is 14.6 Å². The Balaban J connectivity index is 2.11. The third-order valence-corrected chi connectivity index (χ3v) is 2.64. The van der Waals surface area contributed by atoms with E-state index < -0.39 is 5.97 Å². The minimum absolute atomic E-state index is 0.117. The van der Waals surface area contributed by atoms with E-state index in [1.54, 1.807) is 17.9 Å². The summed E-state index contributed by atoms with van der Waals surface area (Å²) in [5.41, 5.74) is 0.117. The third-order valence-electron chi connectivity index (χ3n) is 2.34. The predicted octanol–water partition coefficient (Wildman–Crippen LogP) is 1.75. The van der Waals surface area contributed by atoms with Crippen molar-refractivity contribution >= 4 is 17.6 Å². The number of carbonyl (C=O) groups is 1. The molecule has 0 unspecified atom stereocenters. The van der Waals surface area contributed by atoms with Crippen LogP contribution in [-0.4, -0.2) is 25.8 Å². The molecule has 0 aliphatic carbocycles. The van der Waals surface area contributed by atoms with E-state index in [4.69, 9.17) is 21.4 Å². The van der Waals surface area contributed by atoms with Crippen molar-refractivity contribution in [3.05, 3.63) is 40.9 Å². The van der Waals surface area contributed by atoms with E-state index in [0.29, 0.717) is 11.6 Å². The number of benzene rings is 1. The van der Waals surface area contributed by atoms with Gasteiger partial charge < -0.3 is 14.4 Å². The topological polar surface area (TPSA) is 77.2 Å². The second-order valence-corrected chi connectivity index (χ2v) is 4.00. The van der Waals surface area contributed by atoms with Crippen LogP contribution in [0.15, 0.2) is 24.5 Å². The van der Waals surface area contributed by atoms with E-state index in [1.807, 2.05) is 0 Å². The summed E-state index contributed by atoms with van der Waals surface area (Å²) >= 11 is 5.92. The molecular weight excluding hydrogens is 258 g/mol. The molecule has 1 aromatic carbocycles. The van der Waals surface area contributed by atoms with Crippen LogP contribution in [0.5, 0.6) is 5.75 Å². The Morgan fingerprint density at radius 3 is 2.89 bits per heavy atom. The first kappa shape index (κ1) is 12.4. The van der Waals surface area contributed by atoms with Crippen molar-refractivity contribution in [2.45, 2.75) is 6.61 Å². The number of rotatable bonds is 4. The molecule has 0 aliphatic heterocycles. The Bertz CT molecular complexity index is 583. The molecule has 2 aromatic rings. The average Bonchev–Trinajstić information content (AvgIpc) is 2.73. The van der Waals surface area contributed by atoms with Crippen LogP contribution in [0.3, 0.4) is 0 Å². The van der Waals surface area contributed by atoms with Gasteiger partial charge in [0.2, 0.25) is 0 Å². The highest BCUT2D eigenvalue weighted by Gasteiger charge is 2.09. The van der Waals surface area contributed by atoms with Crippen LogP contribution in [0.4, 0.5) is 0 Å². The molecule has 0 bridgehead atoms. The number of aryl methyl sites for hydroxylation is 1. The van der Waals surface area contributed by atoms with Crippen LogP contribution in [0.25, 0.3) is 0 Å². The highest BCUT2D eigenvalue weighted by molar-refractivity contribution is 6.32. The Kier molecular flexibility index (Phi) is 3.47. The third kappa shape index (κ3) is 2.60. The number of nitrogens with zero attached hydrogens (tertiary/aromatic N) is 3. The number of hydrogen-bond donors (Lipinski definition) is 1. The molecular formula is C11H10ClN3O3. The van der Waals surface area contributed by atoms with Gasteiger partial charge in [-0.2, -0.15) is 0 Å². The number of aromatic carboxylic acids is 1. The van der Waals surface area contributed by atoms with Gasteiger partial charge in [-0.05, 0) is 18.2 Å². The minimum atomic E-state index is -1.03. The molecule has 0 fully saturated rings. The highest BCUT2D eigenvalue weighted by Crippen LogP contribution is 2.26. The van der Waals surface area contributed by atoms with Crippen molar-refractivity contribution in [3.63, 3.8) is 0 Å². The fourth-order valence-electron chi connectivity index (χ4n) is 1.33. The molecule has 1 aromatic heterocycles. The van der Waals surface area contributed by atoms with Crippen LogP contribution in [0, 0.1) is 0 Å². The van der Waals surface area contributed by atoms with Gasteiger partial charge in [0.1, 0.15) is 18.7 Å². The first-order valence-corrected chi connectivity index (χ1v) is 5.44. The van der Waals surface area contributed by atoms with Gasteiger partial charge in [0, 0.05) is 7.05 Å². The van der Waals surface area contributed by atoms with E-state index in [2.05, 4.69) is 10.2 Å². The van der Waals surface area contributed by atoms with Gasteiger partial charge in [0.25, 0.3) is 0 Å². The van der Waals surface area contributed by atoms with Gasteiger partial charge in [-0.1, -0.05) is 11.6 Å². The van der Waals surface area contributed by atoms with E-state index in [-0.39, 0.29) is 17.2 Å². The summed E-state index contributed by atoms with van der Waals surface area (Å²) < 4.78 is 7.17. The number of carboxylic acid groups (broad SMARTS) is 1. The molecule has 0 amide bonds. The van der Waals surface area contributed by atoms with Gasteiger partial charge in [-0.25, -0.2) is 4.79 Å². The molecule has 94 valence electrons. The standard InChI is InChI=1S/C11H10ClN3O3/c1-15-6-13-14-10(15)5-18-9-3-2-7(11(16)17)4-8(9)12/h2-4,6H,5H2,1H3,(H,16,17). The number of carboxylic acids is 1. The summed E-state index contributed by atoms with van der Waals surface area (Å²) in [6, 6.07) is 4.29. The first-order valence-electron chi connectivity index (χ1n) is 5.06. The zero-order valence-corrected chi connectivity index (χ0v) is 10.3. The lowest BCUT2D eigenvalue weighted by Crippen LogP contribution is -2.04. The Morgan fingerprint density at radius 2 is 2.33 bits per heavy atom. The maximum absolute atomic E-state index is 10.7. The maximum Gasteiger partial charge on any atom is 0.335 e. The van der Waals surface area contributed by atoms with E-state index in [9.17, 15) is 4.79 Å². The smallest absolute Gasteiger partial charge is 0.335 e. The lowest BCUT2D eigenvalue weighted by atomic mass is 10.2. The largest absolute Gasteiger partial charge is 0.484 e. The summed E-state index contributed by atoms with van der Waals surface area (Å²) in [4.78, 5) is 10.7. The molecule has 6 nitrogen and oxygen atoms in total. The van der Waals surface area contributed by atoms with Crippen molar-refractivity contribution in [1.29, 1.82) is 0 Å². The second-order valence-electron chi connectivity index (χ2n) is 3.60. The summed E-state index contributed by atoms with van der Waals surface area (Å²) in [6.45, 7) is 0.211. The molecule has 0 saturated heterocycles. The van der Waals surface area contributed by atoms with Crippen LogP contribution >= 0.6 is 11.6 Å². The second kappa shape index (κ2) is 5.05. The first-order chi connectivity index (χ1) is 8.58. The summed E-state index contributed by atoms with van der Waals surface area (Å²) in [6.07, 6.45) is 1.56. The zero-order chi connectivity index (χ0) is 13.1. The predicted molar refractivity (Wildman–Crippen MR) is 63.7 cm³/mol. The molecule has 0 aliphatic rings. The van der Waals surface area contributed by atoms with Crippen LogP contribution in [-0.2, 0) is 13.7 Å². The molecule has 0 radical (unpaired) electrons. The number of halogens is 1. The molecule has 1 N–H and O–H groups in total. The lowest BCUT2D eigenvalue weighted by Gasteiger charge is -2.07. The van der Waals surface area contributed by atoms with Crippen molar-refractivity contribution in [3.8, 4) is 5.75 Å². The van der Waals surface area contributed by atoms with Crippen molar-refractivity contribution in [1.82, 2.24) is 14.8 Å². The van der Waals surface area contributed by atoms with Crippen LogP contribution < -0.4 is 4.74 Å². The Labute approximate surface area is 108 Å². The zero-order valence-electron chi connectivity index (χ0n) is 9.50. The molecule has 0 saturated carbocycles. The van der Waals surface area contributed by atoms with E-state index in [0.717, 1.165) is 0 Å². The Hall–Kier alpha value is -2.08. The fraction of sp³-hybridized carbons (Fsp3) is 0.182. The lowest BCUT2D eigenvalue weighted by molar-refractivity contribution is 0.0697. The summed E-state index contributed by atoms with van der Waals surface area (Å²) in [7, 11) is 1.80. The monoisotopic (exact) mass is 267 g/mol. The molecule has 0 spiro atoms.